The summed E-state index contributed by atoms with van der Waals surface area (Å²) in [7, 11) is 0. The van der Waals surface area contributed by atoms with Crippen molar-refractivity contribution in [1.82, 2.24) is 19.6 Å². The maximum atomic E-state index is 11.9. The Labute approximate surface area is 111 Å². The number of nitrogens with zero attached hydrogens (tertiary/aromatic N) is 4. The van der Waals surface area contributed by atoms with Crippen LogP contribution in [0.15, 0.2) is 10.9 Å². The number of fused-ring (bicyclic) bond motifs is 1. The van der Waals surface area contributed by atoms with Gasteiger partial charge in [-0.25, -0.2) is 19.3 Å². The van der Waals surface area contributed by atoms with Crippen LogP contribution in [0.2, 0.25) is 0 Å². The molecule has 6 heteroatoms. The summed E-state index contributed by atoms with van der Waals surface area (Å²) in [5.74, 6) is 1.49. The number of hydrogen-bond acceptors (Lipinski definition) is 4. The van der Waals surface area contributed by atoms with Crippen molar-refractivity contribution in [3.8, 4) is 0 Å². The van der Waals surface area contributed by atoms with E-state index in [4.69, 9.17) is 0 Å². The third kappa shape index (κ3) is 2.11. The van der Waals surface area contributed by atoms with E-state index in [1.165, 1.54) is 0 Å². The van der Waals surface area contributed by atoms with Gasteiger partial charge in [-0.05, 0) is 25.2 Å². The first kappa shape index (κ1) is 12.2. The molecule has 0 amide bonds. The van der Waals surface area contributed by atoms with Crippen molar-refractivity contribution < 1.29 is 0 Å². The number of aromatic nitrogens is 4. The zero-order valence-corrected chi connectivity index (χ0v) is 11.4. The number of piperidine rings is 1. The normalized spacial score (nSPS) is 17.3. The summed E-state index contributed by atoms with van der Waals surface area (Å²) in [4.78, 5) is 18.7. The molecule has 0 spiro atoms. The van der Waals surface area contributed by atoms with E-state index in [0.29, 0.717) is 5.65 Å². The predicted molar refractivity (Wildman–Crippen MR) is 73.6 cm³/mol. The lowest BCUT2D eigenvalue weighted by molar-refractivity contribution is 0.433. The number of anilines is 1. The van der Waals surface area contributed by atoms with E-state index >= 15 is 0 Å². The van der Waals surface area contributed by atoms with E-state index in [9.17, 15) is 4.79 Å². The Morgan fingerprint density at radius 1 is 1.42 bits per heavy atom. The van der Waals surface area contributed by atoms with Gasteiger partial charge in [0.2, 0.25) is 5.95 Å². The van der Waals surface area contributed by atoms with Crippen molar-refractivity contribution in [2.45, 2.75) is 33.1 Å². The van der Waals surface area contributed by atoms with E-state index in [-0.39, 0.29) is 5.69 Å². The van der Waals surface area contributed by atoms with Crippen molar-refractivity contribution in [2.24, 2.45) is 5.92 Å². The highest BCUT2D eigenvalue weighted by Gasteiger charge is 2.21. The molecule has 1 aliphatic heterocycles. The van der Waals surface area contributed by atoms with E-state index in [2.05, 4.69) is 33.9 Å². The van der Waals surface area contributed by atoms with Gasteiger partial charge in [0, 0.05) is 24.8 Å². The number of aryl methyl sites for hydroxylation is 1. The van der Waals surface area contributed by atoms with E-state index < -0.39 is 0 Å². The zero-order valence-electron chi connectivity index (χ0n) is 11.4. The monoisotopic (exact) mass is 261 g/mol. The van der Waals surface area contributed by atoms with Crippen LogP contribution in [0, 0.1) is 5.92 Å². The fraction of sp³-hybridized carbons (Fsp3) is 0.615. The lowest BCUT2D eigenvalue weighted by Crippen LogP contribution is -2.36. The van der Waals surface area contributed by atoms with Crippen LogP contribution in [-0.2, 0) is 6.42 Å². The van der Waals surface area contributed by atoms with E-state index in [0.717, 1.165) is 49.9 Å². The minimum atomic E-state index is -0.209. The minimum Gasteiger partial charge on any atom is -0.342 e. The molecule has 1 fully saturated rings. The Kier molecular flexibility index (Phi) is 3.00. The molecule has 2 aromatic heterocycles. The van der Waals surface area contributed by atoms with Crippen LogP contribution in [0.25, 0.3) is 5.65 Å². The Bertz CT molecular complexity index is 636. The summed E-state index contributed by atoms with van der Waals surface area (Å²) >= 11 is 0. The molecule has 102 valence electrons. The number of H-pyrrole nitrogens is 1. The highest BCUT2D eigenvalue weighted by atomic mass is 16.1. The molecule has 0 atom stereocenters. The summed E-state index contributed by atoms with van der Waals surface area (Å²) in [5.41, 5.74) is 1.42. The maximum absolute atomic E-state index is 11.9. The molecular weight excluding hydrogens is 242 g/mol. The second-order valence-corrected chi connectivity index (χ2v) is 5.29. The Morgan fingerprint density at radius 3 is 2.84 bits per heavy atom. The van der Waals surface area contributed by atoms with Crippen molar-refractivity contribution in [3.05, 3.63) is 22.2 Å². The molecule has 19 heavy (non-hydrogen) atoms. The third-order valence-corrected chi connectivity index (χ3v) is 3.87. The first-order chi connectivity index (χ1) is 9.19. The van der Waals surface area contributed by atoms with Crippen LogP contribution < -0.4 is 10.6 Å². The number of hydrogen-bond donors (Lipinski definition) is 1. The molecule has 1 saturated heterocycles. The second kappa shape index (κ2) is 4.68. The average Bonchev–Trinajstić information content (AvgIpc) is 2.80. The molecule has 3 rings (SSSR count). The summed E-state index contributed by atoms with van der Waals surface area (Å²) in [5, 5.41) is 6.56. The van der Waals surface area contributed by atoms with Crippen molar-refractivity contribution in [3.63, 3.8) is 0 Å². The zero-order chi connectivity index (χ0) is 13.4. The molecule has 0 aliphatic carbocycles. The van der Waals surface area contributed by atoms with Crippen molar-refractivity contribution in [1.29, 1.82) is 0 Å². The lowest BCUT2D eigenvalue weighted by atomic mass is 10.00. The SMILES string of the molecule is CCc1cc2n[nH]c(=O)n2c(N2CCC(C)CC2)n1. The van der Waals surface area contributed by atoms with E-state index in [1.807, 2.05) is 6.07 Å². The Balaban J connectivity index is 2.10. The average molecular weight is 261 g/mol. The van der Waals surface area contributed by atoms with Gasteiger partial charge in [-0.1, -0.05) is 13.8 Å². The molecule has 2 aromatic rings. The summed E-state index contributed by atoms with van der Waals surface area (Å²) in [6.07, 6.45) is 3.13. The van der Waals surface area contributed by atoms with Crippen LogP contribution in [0.5, 0.6) is 0 Å². The summed E-state index contributed by atoms with van der Waals surface area (Å²) in [6.45, 7) is 6.24. The highest BCUT2D eigenvalue weighted by Crippen LogP contribution is 2.21. The molecule has 3 heterocycles. The predicted octanol–water partition coefficient (Wildman–Crippen LogP) is 1.22. The van der Waals surface area contributed by atoms with Gasteiger partial charge in [0.05, 0.1) is 0 Å². The summed E-state index contributed by atoms with van der Waals surface area (Å²) in [6, 6.07) is 1.87. The molecule has 0 radical (unpaired) electrons. The second-order valence-electron chi connectivity index (χ2n) is 5.29. The standard InChI is InChI=1S/C13H19N5O/c1-3-10-8-11-15-16-13(19)18(11)12(14-10)17-6-4-9(2)5-7-17/h8-9H,3-7H2,1-2H3,(H,16,19). The van der Waals surface area contributed by atoms with Gasteiger partial charge in [-0.2, -0.15) is 5.10 Å². The first-order valence-electron chi connectivity index (χ1n) is 6.91. The van der Waals surface area contributed by atoms with E-state index in [1.54, 1.807) is 4.40 Å². The number of aromatic amines is 1. The van der Waals surface area contributed by atoms with Crippen LogP contribution in [0.4, 0.5) is 5.95 Å². The Hall–Kier alpha value is -1.85. The van der Waals surface area contributed by atoms with Gasteiger partial charge >= 0.3 is 5.69 Å². The third-order valence-electron chi connectivity index (χ3n) is 3.87. The van der Waals surface area contributed by atoms with Gasteiger partial charge in [0.15, 0.2) is 5.65 Å². The maximum Gasteiger partial charge on any atom is 0.350 e. The van der Waals surface area contributed by atoms with Gasteiger partial charge < -0.3 is 4.90 Å². The Morgan fingerprint density at radius 2 is 2.16 bits per heavy atom. The fourth-order valence-corrected chi connectivity index (χ4v) is 2.56. The fourth-order valence-electron chi connectivity index (χ4n) is 2.56. The number of rotatable bonds is 2. The molecule has 0 bridgehead atoms. The van der Waals surface area contributed by atoms with Crippen LogP contribution >= 0.6 is 0 Å². The van der Waals surface area contributed by atoms with Crippen LogP contribution in [-0.4, -0.2) is 32.7 Å². The highest BCUT2D eigenvalue weighted by molar-refractivity contribution is 5.47. The molecular formula is C13H19N5O. The molecule has 0 saturated carbocycles. The largest absolute Gasteiger partial charge is 0.350 e. The molecule has 1 aliphatic rings. The molecule has 1 N–H and O–H groups in total. The number of nitrogens with one attached hydrogen (secondary N) is 1. The molecule has 0 unspecified atom stereocenters. The van der Waals surface area contributed by atoms with Crippen LogP contribution in [0.3, 0.4) is 0 Å². The topological polar surface area (TPSA) is 66.3 Å². The quantitative estimate of drug-likeness (QED) is 0.882. The minimum absolute atomic E-state index is 0.209. The van der Waals surface area contributed by atoms with Gasteiger partial charge in [0.25, 0.3) is 0 Å². The van der Waals surface area contributed by atoms with Gasteiger partial charge in [-0.3, -0.25) is 0 Å². The lowest BCUT2D eigenvalue weighted by Gasteiger charge is -2.31. The van der Waals surface area contributed by atoms with Crippen molar-refractivity contribution >= 4 is 11.6 Å². The smallest absolute Gasteiger partial charge is 0.342 e. The first-order valence-corrected chi connectivity index (χ1v) is 6.91. The van der Waals surface area contributed by atoms with Crippen molar-refractivity contribution in [2.75, 3.05) is 18.0 Å². The van der Waals surface area contributed by atoms with Gasteiger partial charge in [0.1, 0.15) is 0 Å². The molecule has 6 nitrogen and oxygen atoms in total. The summed E-state index contributed by atoms with van der Waals surface area (Å²) < 4.78 is 1.58. The van der Waals surface area contributed by atoms with Gasteiger partial charge in [-0.15, -0.1) is 0 Å². The van der Waals surface area contributed by atoms with Crippen LogP contribution in [0.1, 0.15) is 32.4 Å². The molecule has 0 aromatic carbocycles.